The Morgan fingerprint density at radius 1 is 1.00 bits per heavy atom. The first-order valence-corrected chi connectivity index (χ1v) is 14.8. The Labute approximate surface area is 184 Å². The Bertz CT molecular complexity index is 949. The summed E-state index contributed by atoms with van der Waals surface area (Å²) in [7, 11) is 0. The molecule has 4 rings (SSSR count). The van der Waals surface area contributed by atoms with E-state index >= 15 is 0 Å². The summed E-state index contributed by atoms with van der Waals surface area (Å²) in [6, 6.07) is 17.8. The Morgan fingerprint density at radius 2 is 1.65 bits per heavy atom. The molecule has 0 spiro atoms. The van der Waals surface area contributed by atoms with Gasteiger partial charge in [0.1, 0.15) is 0 Å². The molecule has 1 unspecified atom stereocenters. The van der Waals surface area contributed by atoms with E-state index in [1.54, 1.807) is 23.3 Å². The van der Waals surface area contributed by atoms with Crippen molar-refractivity contribution in [2.75, 3.05) is 0 Å². The van der Waals surface area contributed by atoms with Crippen LogP contribution in [0.25, 0.3) is 27.1 Å². The quantitative estimate of drug-likeness (QED) is 0.372. The molecular formula is C22H23Cl2SiZr-. The molecule has 0 aliphatic heterocycles. The van der Waals surface area contributed by atoms with Crippen molar-refractivity contribution in [2.45, 2.75) is 26.4 Å². The van der Waals surface area contributed by atoms with Crippen LogP contribution >= 0.6 is 0 Å². The second-order valence-electron chi connectivity index (χ2n) is 6.56. The number of rotatable bonds is 2. The van der Waals surface area contributed by atoms with E-state index in [4.69, 9.17) is 0 Å². The molecule has 0 fully saturated rings. The molecule has 0 heterocycles. The molecule has 0 saturated heterocycles. The van der Waals surface area contributed by atoms with Crippen LogP contribution in [0.2, 0.25) is 13.1 Å². The number of halogens is 2. The predicted octanol–water partition coefficient (Wildman–Crippen LogP) is 0.484. The number of allylic oxidation sites excluding steroid dienone is 4. The summed E-state index contributed by atoms with van der Waals surface area (Å²) in [5, 5.41) is 5.42. The molecule has 3 aromatic rings. The van der Waals surface area contributed by atoms with Crippen molar-refractivity contribution in [1.82, 2.24) is 0 Å². The summed E-state index contributed by atoms with van der Waals surface area (Å²) in [6.45, 7) is 6.87. The number of hydrogen-bond donors (Lipinski definition) is 0. The van der Waals surface area contributed by atoms with E-state index < -0.39 is 0 Å². The van der Waals surface area contributed by atoms with Gasteiger partial charge in [0, 0.05) is 5.92 Å². The van der Waals surface area contributed by atoms with Crippen molar-refractivity contribution in [3.8, 4) is 0 Å². The summed E-state index contributed by atoms with van der Waals surface area (Å²) >= 11 is 1.74. The van der Waals surface area contributed by atoms with Gasteiger partial charge in [-0.2, -0.15) is 0 Å². The normalized spacial score (nSPS) is 15.0. The van der Waals surface area contributed by atoms with Crippen LogP contribution < -0.4 is 24.8 Å². The first-order valence-electron chi connectivity index (χ1n) is 8.59. The predicted molar refractivity (Wildman–Crippen MR) is 105 cm³/mol. The molecule has 1 aliphatic rings. The summed E-state index contributed by atoms with van der Waals surface area (Å²) in [5.74, 6) is 0.580. The van der Waals surface area contributed by atoms with Crippen LogP contribution in [0, 0.1) is 5.92 Å². The largest absolute Gasteiger partial charge is 1.00 e. The zero-order valence-corrected chi connectivity index (χ0v) is 20.4. The smallest absolute Gasteiger partial charge is 1.00 e. The zero-order valence-electron chi connectivity index (χ0n) is 15.4. The van der Waals surface area contributed by atoms with E-state index in [0.717, 1.165) is 0 Å². The fourth-order valence-corrected chi connectivity index (χ4v) is 3.33. The summed E-state index contributed by atoms with van der Waals surface area (Å²) in [5.41, 5.74) is 3.03. The van der Waals surface area contributed by atoms with Crippen molar-refractivity contribution < 1.29 is 48.1 Å². The van der Waals surface area contributed by atoms with Gasteiger partial charge in [0.05, 0.1) is 0 Å². The van der Waals surface area contributed by atoms with Gasteiger partial charge in [-0.25, -0.2) is 0 Å². The van der Waals surface area contributed by atoms with Crippen molar-refractivity contribution in [3.05, 3.63) is 72.3 Å². The minimum atomic E-state index is 0. The number of hydrogen-bond acceptors (Lipinski definition) is 0. The molecule has 134 valence electrons. The maximum atomic E-state index is 2.34. The second kappa shape index (κ2) is 10.7. The molecule has 26 heavy (non-hydrogen) atoms. The Hall–Kier alpha value is -0.530. The van der Waals surface area contributed by atoms with Gasteiger partial charge in [0.15, 0.2) is 0 Å². The monoisotopic (exact) mass is 475 g/mol. The molecule has 0 radical (unpaired) electrons. The van der Waals surface area contributed by atoms with E-state index in [9.17, 15) is 0 Å². The van der Waals surface area contributed by atoms with Crippen LogP contribution in [0.15, 0.2) is 66.8 Å². The van der Waals surface area contributed by atoms with Gasteiger partial charge in [-0.3, -0.25) is 0 Å². The van der Waals surface area contributed by atoms with Crippen molar-refractivity contribution in [2.24, 2.45) is 5.92 Å². The molecule has 0 N–H and O–H groups in total. The SMILES string of the molecule is CCC1C=CC=C1c1ccc2c(c1)[cH-]c1ccccc12.C[Si](C)=[Zr+2].[Cl-].[Cl-]. The zero-order chi connectivity index (χ0) is 17.1. The van der Waals surface area contributed by atoms with Crippen LogP contribution in [0.3, 0.4) is 0 Å². The summed E-state index contributed by atoms with van der Waals surface area (Å²) in [4.78, 5) is 0. The van der Waals surface area contributed by atoms with Gasteiger partial charge < -0.3 is 24.8 Å². The van der Waals surface area contributed by atoms with E-state index in [1.807, 2.05) is 0 Å². The molecule has 0 aromatic heterocycles. The van der Waals surface area contributed by atoms with E-state index in [2.05, 4.69) is 86.8 Å². The third-order valence-corrected chi connectivity index (χ3v) is 4.41. The van der Waals surface area contributed by atoms with Crippen LogP contribution in [0.4, 0.5) is 0 Å². The molecule has 1 aliphatic carbocycles. The van der Waals surface area contributed by atoms with Crippen molar-refractivity contribution >= 4 is 32.6 Å². The fourth-order valence-electron chi connectivity index (χ4n) is 3.33. The molecule has 0 bridgehead atoms. The summed E-state index contributed by atoms with van der Waals surface area (Å²) in [6.07, 6.45) is 7.93. The minimum absolute atomic E-state index is 0. The average molecular weight is 478 g/mol. The molecule has 4 heteroatoms. The first-order chi connectivity index (χ1) is 11.6. The second-order valence-corrected chi connectivity index (χ2v) is 15.9. The van der Waals surface area contributed by atoms with Crippen molar-refractivity contribution in [1.29, 1.82) is 0 Å². The molecule has 1 atom stereocenters. The van der Waals surface area contributed by atoms with Crippen LogP contribution in [0.1, 0.15) is 18.9 Å². The molecule has 0 saturated carbocycles. The topological polar surface area (TPSA) is 0 Å². The van der Waals surface area contributed by atoms with Crippen LogP contribution in [-0.4, -0.2) is 5.43 Å². The van der Waals surface area contributed by atoms with Gasteiger partial charge in [0.25, 0.3) is 0 Å². The number of benzene rings is 2. The fraction of sp³-hybridized carbons (Fsp3) is 0.227. The van der Waals surface area contributed by atoms with E-state index in [1.165, 1.54) is 39.1 Å². The Kier molecular flexibility index (Phi) is 9.69. The van der Waals surface area contributed by atoms with Gasteiger partial charge in [0.2, 0.25) is 0 Å². The van der Waals surface area contributed by atoms with E-state index in [0.29, 0.717) is 5.92 Å². The Morgan fingerprint density at radius 3 is 2.35 bits per heavy atom. The van der Waals surface area contributed by atoms with Gasteiger partial charge in [-0.15, -0.1) is 39.7 Å². The standard InChI is InChI=1S/C20H17.C2H6Si.2ClH.Zr/c1-2-14-7-5-9-18(14)16-10-11-20-17(13-16)12-15-6-3-4-8-19(15)20;1-3-2;;;/h3-14H,2H2,1H3;1-2H3;2*1H;/q-1;;;;+2/p-2. The minimum Gasteiger partial charge on any atom is -1.00 e. The third kappa shape index (κ3) is 5.26. The van der Waals surface area contributed by atoms with Crippen molar-refractivity contribution in [3.63, 3.8) is 0 Å². The summed E-state index contributed by atoms with van der Waals surface area (Å²) < 4.78 is 0. The van der Waals surface area contributed by atoms with E-state index in [-0.39, 0.29) is 30.2 Å². The van der Waals surface area contributed by atoms with Gasteiger partial charge in [-0.1, -0.05) is 61.0 Å². The number of fused-ring (bicyclic) bond motifs is 3. The van der Waals surface area contributed by atoms with Crippen LogP contribution in [0.5, 0.6) is 0 Å². The van der Waals surface area contributed by atoms with Crippen LogP contribution in [-0.2, 0) is 23.3 Å². The van der Waals surface area contributed by atoms with Gasteiger partial charge >= 0.3 is 41.9 Å². The first kappa shape index (κ1) is 23.5. The maximum absolute atomic E-state index is 2.34. The average Bonchev–Trinajstić information content (AvgIpc) is 3.17. The molecule has 0 amide bonds. The third-order valence-electron chi connectivity index (χ3n) is 4.41. The van der Waals surface area contributed by atoms with Gasteiger partial charge in [-0.05, 0) is 12.0 Å². The molecular weight excluding hydrogens is 454 g/mol. The Balaban J connectivity index is 0.000000516. The molecule has 3 aromatic carbocycles. The molecule has 0 nitrogen and oxygen atoms in total. The maximum Gasteiger partial charge on any atom is -1.00 e.